The molecule has 0 aromatic carbocycles. The van der Waals surface area contributed by atoms with Crippen LogP contribution in [-0.2, 0) is 6.54 Å². The van der Waals surface area contributed by atoms with Crippen molar-refractivity contribution in [3.05, 3.63) is 33.2 Å². The topological polar surface area (TPSA) is 67.2 Å². The van der Waals surface area contributed by atoms with Gasteiger partial charge in [0.15, 0.2) is 0 Å². The van der Waals surface area contributed by atoms with Crippen molar-refractivity contribution in [1.29, 1.82) is 0 Å². The van der Waals surface area contributed by atoms with Gasteiger partial charge < -0.3 is 4.90 Å². The number of piperazine rings is 1. The van der Waals surface area contributed by atoms with Crippen molar-refractivity contribution < 1.29 is 0 Å². The predicted molar refractivity (Wildman–Crippen MR) is 86.5 cm³/mol. The lowest BCUT2D eigenvalue weighted by Gasteiger charge is -2.34. The minimum absolute atomic E-state index is 0.0337. The van der Waals surface area contributed by atoms with E-state index < -0.39 is 0 Å². The Labute approximate surface area is 133 Å². The van der Waals surface area contributed by atoms with E-state index in [1.807, 2.05) is 13.8 Å². The fourth-order valence-electron chi connectivity index (χ4n) is 2.52. The molecular formula is C14H20N6OS. The largest absolute Gasteiger partial charge is 0.344 e. The SMILES string of the molecule is Cc1ccc(=O)n(CCN2CCN(c3nnc(C)s3)CC2)n1. The Bertz CT molecular complexity index is 689. The Balaban J connectivity index is 1.52. The van der Waals surface area contributed by atoms with Gasteiger partial charge in [0, 0.05) is 38.8 Å². The van der Waals surface area contributed by atoms with Gasteiger partial charge in [-0.2, -0.15) is 5.10 Å². The number of aryl methyl sites for hydroxylation is 2. The lowest BCUT2D eigenvalue weighted by molar-refractivity contribution is 0.242. The highest BCUT2D eigenvalue weighted by Crippen LogP contribution is 2.20. The Morgan fingerprint density at radius 1 is 1.09 bits per heavy atom. The van der Waals surface area contributed by atoms with Gasteiger partial charge in [0.25, 0.3) is 5.56 Å². The lowest BCUT2D eigenvalue weighted by atomic mass is 10.3. The monoisotopic (exact) mass is 320 g/mol. The van der Waals surface area contributed by atoms with Crippen LogP contribution in [0.25, 0.3) is 0 Å². The van der Waals surface area contributed by atoms with Crippen molar-refractivity contribution in [2.45, 2.75) is 20.4 Å². The third-order valence-corrected chi connectivity index (χ3v) is 4.69. The number of aromatic nitrogens is 4. The minimum Gasteiger partial charge on any atom is -0.344 e. The molecule has 0 unspecified atom stereocenters. The van der Waals surface area contributed by atoms with Crippen LogP contribution in [0.2, 0.25) is 0 Å². The summed E-state index contributed by atoms with van der Waals surface area (Å²) in [4.78, 5) is 16.4. The van der Waals surface area contributed by atoms with Crippen molar-refractivity contribution >= 4 is 16.5 Å². The van der Waals surface area contributed by atoms with Gasteiger partial charge >= 0.3 is 0 Å². The van der Waals surface area contributed by atoms with E-state index in [9.17, 15) is 4.79 Å². The summed E-state index contributed by atoms with van der Waals surface area (Å²) in [7, 11) is 0. The Morgan fingerprint density at radius 3 is 2.55 bits per heavy atom. The molecule has 1 fully saturated rings. The molecule has 22 heavy (non-hydrogen) atoms. The lowest BCUT2D eigenvalue weighted by Crippen LogP contribution is -2.47. The second-order valence-electron chi connectivity index (χ2n) is 5.47. The van der Waals surface area contributed by atoms with Crippen LogP contribution in [-0.4, -0.2) is 57.6 Å². The van der Waals surface area contributed by atoms with Gasteiger partial charge in [-0.3, -0.25) is 9.69 Å². The number of anilines is 1. The van der Waals surface area contributed by atoms with Gasteiger partial charge in [-0.25, -0.2) is 4.68 Å². The maximum atomic E-state index is 11.7. The predicted octanol–water partition coefficient (Wildman–Crippen LogP) is 0.534. The molecule has 3 heterocycles. The first kappa shape index (κ1) is 15.1. The third-order valence-electron chi connectivity index (χ3n) is 3.79. The Hall–Kier alpha value is -1.80. The molecule has 0 aliphatic carbocycles. The van der Waals surface area contributed by atoms with E-state index in [0.717, 1.165) is 48.6 Å². The molecule has 7 nitrogen and oxygen atoms in total. The summed E-state index contributed by atoms with van der Waals surface area (Å²) in [6.07, 6.45) is 0. The first-order valence-electron chi connectivity index (χ1n) is 7.44. The van der Waals surface area contributed by atoms with Crippen LogP contribution in [0, 0.1) is 13.8 Å². The molecule has 8 heteroatoms. The zero-order valence-corrected chi connectivity index (χ0v) is 13.7. The first-order chi connectivity index (χ1) is 10.6. The molecule has 0 spiro atoms. The smallest absolute Gasteiger partial charge is 0.266 e. The van der Waals surface area contributed by atoms with Crippen LogP contribution in [0.15, 0.2) is 16.9 Å². The normalized spacial score (nSPS) is 16.2. The van der Waals surface area contributed by atoms with E-state index in [0.29, 0.717) is 6.54 Å². The van der Waals surface area contributed by atoms with E-state index in [1.165, 1.54) is 0 Å². The molecule has 2 aromatic heterocycles. The molecule has 0 N–H and O–H groups in total. The maximum absolute atomic E-state index is 11.7. The Kier molecular flexibility index (Phi) is 4.49. The summed E-state index contributed by atoms with van der Waals surface area (Å²) in [6.45, 7) is 9.20. The molecule has 2 aromatic rings. The second-order valence-corrected chi connectivity index (χ2v) is 6.63. The summed E-state index contributed by atoms with van der Waals surface area (Å²) in [5.41, 5.74) is 0.838. The van der Waals surface area contributed by atoms with Crippen LogP contribution in [0.5, 0.6) is 0 Å². The van der Waals surface area contributed by atoms with Gasteiger partial charge in [0.05, 0.1) is 12.2 Å². The summed E-state index contributed by atoms with van der Waals surface area (Å²) in [5, 5.41) is 14.6. The summed E-state index contributed by atoms with van der Waals surface area (Å²) in [5.74, 6) is 0. The van der Waals surface area contributed by atoms with Crippen molar-refractivity contribution in [2.75, 3.05) is 37.6 Å². The highest BCUT2D eigenvalue weighted by atomic mass is 32.1. The molecule has 0 atom stereocenters. The van der Waals surface area contributed by atoms with Gasteiger partial charge in [0.1, 0.15) is 5.01 Å². The average Bonchev–Trinajstić information content (AvgIpc) is 2.95. The molecule has 0 bridgehead atoms. The zero-order valence-electron chi connectivity index (χ0n) is 12.9. The minimum atomic E-state index is -0.0337. The quantitative estimate of drug-likeness (QED) is 0.819. The molecule has 118 valence electrons. The molecule has 0 amide bonds. The highest BCUT2D eigenvalue weighted by Gasteiger charge is 2.19. The van der Waals surface area contributed by atoms with Gasteiger partial charge in [0.2, 0.25) is 5.13 Å². The van der Waals surface area contributed by atoms with E-state index >= 15 is 0 Å². The summed E-state index contributed by atoms with van der Waals surface area (Å²) >= 11 is 1.64. The fraction of sp³-hybridized carbons (Fsp3) is 0.571. The Morgan fingerprint density at radius 2 is 1.86 bits per heavy atom. The van der Waals surface area contributed by atoms with Gasteiger partial charge in [-0.15, -0.1) is 10.2 Å². The second kappa shape index (κ2) is 6.53. The van der Waals surface area contributed by atoms with Crippen molar-refractivity contribution in [3.8, 4) is 0 Å². The van der Waals surface area contributed by atoms with Gasteiger partial charge in [-0.05, 0) is 19.9 Å². The van der Waals surface area contributed by atoms with Crippen LogP contribution >= 0.6 is 11.3 Å². The molecule has 1 aliphatic rings. The fourth-order valence-corrected chi connectivity index (χ4v) is 3.26. The van der Waals surface area contributed by atoms with E-state index in [4.69, 9.17) is 0 Å². The summed E-state index contributed by atoms with van der Waals surface area (Å²) in [6, 6.07) is 3.33. The van der Waals surface area contributed by atoms with Crippen molar-refractivity contribution in [1.82, 2.24) is 24.9 Å². The number of rotatable bonds is 4. The highest BCUT2D eigenvalue weighted by molar-refractivity contribution is 7.15. The van der Waals surface area contributed by atoms with E-state index in [2.05, 4.69) is 25.1 Å². The third kappa shape index (κ3) is 3.50. The number of hydrogen-bond donors (Lipinski definition) is 0. The average molecular weight is 320 g/mol. The first-order valence-corrected chi connectivity index (χ1v) is 8.25. The maximum Gasteiger partial charge on any atom is 0.266 e. The zero-order chi connectivity index (χ0) is 15.5. The van der Waals surface area contributed by atoms with Gasteiger partial charge in [-0.1, -0.05) is 11.3 Å². The molecule has 0 saturated carbocycles. The van der Waals surface area contributed by atoms with E-state index in [-0.39, 0.29) is 5.56 Å². The van der Waals surface area contributed by atoms with Crippen LogP contribution in [0.3, 0.4) is 0 Å². The standard InChI is InChI=1S/C14H20N6OS/c1-11-3-4-13(21)20(17-11)10-7-18-5-8-19(9-6-18)14-16-15-12(2)22-14/h3-4H,5-10H2,1-2H3. The number of nitrogens with zero attached hydrogens (tertiary/aromatic N) is 6. The van der Waals surface area contributed by atoms with Crippen LogP contribution in [0.4, 0.5) is 5.13 Å². The van der Waals surface area contributed by atoms with Crippen LogP contribution in [0.1, 0.15) is 10.7 Å². The summed E-state index contributed by atoms with van der Waals surface area (Å²) < 4.78 is 1.55. The van der Waals surface area contributed by atoms with Crippen molar-refractivity contribution in [2.24, 2.45) is 0 Å². The molecule has 1 aliphatic heterocycles. The molecule has 0 radical (unpaired) electrons. The number of hydrogen-bond acceptors (Lipinski definition) is 7. The van der Waals surface area contributed by atoms with E-state index in [1.54, 1.807) is 28.2 Å². The van der Waals surface area contributed by atoms with Crippen LogP contribution < -0.4 is 10.5 Å². The molecule has 3 rings (SSSR count). The molecule has 1 saturated heterocycles. The molecular weight excluding hydrogens is 300 g/mol. The van der Waals surface area contributed by atoms with Crippen molar-refractivity contribution in [3.63, 3.8) is 0 Å².